The summed E-state index contributed by atoms with van der Waals surface area (Å²) in [6.07, 6.45) is 0. The zero-order chi connectivity index (χ0) is 22.1. The first-order valence-corrected chi connectivity index (χ1v) is 9.74. The van der Waals surface area contributed by atoms with E-state index in [1.165, 1.54) is 7.11 Å². The van der Waals surface area contributed by atoms with Crippen molar-refractivity contribution in [1.29, 1.82) is 0 Å². The van der Waals surface area contributed by atoms with Gasteiger partial charge in [0.25, 0.3) is 17.7 Å². The Morgan fingerprint density at radius 1 is 0.677 bits per heavy atom. The van der Waals surface area contributed by atoms with Gasteiger partial charge in [0.2, 0.25) is 0 Å². The third-order valence-electron chi connectivity index (χ3n) is 4.49. The molecule has 158 valence electrons. The van der Waals surface area contributed by atoms with Crippen molar-refractivity contribution >= 4 is 23.4 Å². The molecule has 0 aliphatic carbocycles. The third kappa shape index (κ3) is 5.93. The number of ether oxygens (including phenoxy) is 1. The molecule has 3 aromatic carbocycles. The molecule has 0 spiro atoms. The van der Waals surface area contributed by atoms with E-state index in [2.05, 4.69) is 16.0 Å². The number of carbonyl (C=O) groups is 3. The minimum atomic E-state index is -0.302. The van der Waals surface area contributed by atoms with Gasteiger partial charge in [-0.1, -0.05) is 30.3 Å². The topological polar surface area (TPSA) is 96.5 Å². The summed E-state index contributed by atoms with van der Waals surface area (Å²) in [7, 11) is 1.51. The van der Waals surface area contributed by atoms with Crippen molar-refractivity contribution in [2.45, 2.75) is 0 Å². The van der Waals surface area contributed by atoms with Gasteiger partial charge >= 0.3 is 0 Å². The summed E-state index contributed by atoms with van der Waals surface area (Å²) in [6.45, 7) is 0.607. The van der Waals surface area contributed by atoms with Gasteiger partial charge in [0.15, 0.2) is 0 Å². The van der Waals surface area contributed by atoms with Gasteiger partial charge < -0.3 is 20.7 Å². The Balaban J connectivity index is 1.47. The van der Waals surface area contributed by atoms with E-state index in [9.17, 15) is 14.4 Å². The number of benzene rings is 3. The fourth-order valence-corrected chi connectivity index (χ4v) is 2.88. The number of amides is 3. The molecule has 0 aliphatic heterocycles. The van der Waals surface area contributed by atoms with Gasteiger partial charge in [-0.15, -0.1) is 0 Å². The van der Waals surface area contributed by atoms with Crippen molar-refractivity contribution in [3.63, 3.8) is 0 Å². The SMILES string of the molecule is COc1ccccc1C(=O)Nc1ccc(C(=O)NCCNC(=O)c2ccccc2)cc1. The zero-order valence-electron chi connectivity index (χ0n) is 17.1. The van der Waals surface area contributed by atoms with Gasteiger partial charge in [-0.2, -0.15) is 0 Å². The molecule has 3 amide bonds. The number of para-hydroxylation sites is 1. The van der Waals surface area contributed by atoms with Crippen molar-refractivity contribution in [3.8, 4) is 5.75 Å². The molecule has 0 fully saturated rings. The maximum atomic E-state index is 12.4. The molecule has 7 nitrogen and oxygen atoms in total. The Morgan fingerprint density at radius 3 is 1.84 bits per heavy atom. The molecule has 0 heterocycles. The van der Waals surface area contributed by atoms with Gasteiger partial charge in [-0.05, 0) is 48.5 Å². The molecule has 0 unspecified atom stereocenters. The molecule has 0 atom stereocenters. The van der Waals surface area contributed by atoms with E-state index in [0.29, 0.717) is 41.2 Å². The van der Waals surface area contributed by atoms with Crippen LogP contribution in [0, 0.1) is 0 Å². The van der Waals surface area contributed by atoms with E-state index in [-0.39, 0.29) is 17.7 Å². The Bertz CT molecular complexity index is 1050. The largest absolute Gasteiger partial charge is 0.496 e. The van der Waals surface area contributed by atoms with Crippen LogP contribution in [0.5, 0.6) is 5.75 Å². The molecule has 0 saturated heterocycles. The summed E-state index contributed by atoms with van der Waals surface area (Å²) in [6, 6.07) is 22.3. The molecule has 31 heavy (non-hydrogen) atoms. The van der Waals surface area contributed by atoms with Gasteiger partial charge in [0, 0.05) is 29.9 Å². The predicted octanol–water partition coefficient (Wildman–Crippen LogP) is 3.11. The van der Waals surface area contributed by atoms with Crippen molar-refractivity contribution in [1.82, 2.24) is 10.6 Å². The van der Waals surface area contributed by atoms with E-state index in [0.717, 1.165) is 0 Å². The smallest absolute Gasteiger partial charge is 0.259 e. The number of methoxy groups -OCH3 is 1. The summed E-state index contributed by atoms with van der Waals surface area (Å²) < 4.78 is 5.20. The number of carbonyl (C=O) groups excluding carboxylic acids is 3. The molecule has 0 aromatic heterocycles. The Morgan fingerprint density at radius 2 is 1.23 bits per heavy atom. The minimum Gasteiger partial charge on any atom is -0.496 e. The number of anilines is 1. The minimum absolute atomic E-state index is 0.190. The normalized spacial score (nSPS) is 10.1. The summed E-state index contributed by atoms with van der Waals surface area (Å²) in [5.74, 6) is -0.277. The summed E-state index contributed by atoms with van der Waals surface area (Å²) in [5.41, 5.74) is 2.00. The molecule has 3 N–H and O–H groups in total. The first-order chi connectivity index (χ1) is 15.1. The summed E-state index contributed by atoms with van der Waals surface area (Å²) in [5, 5.41) is 8.28. The maximum Gasteiger partial charge on any atom is 0.259 e. The van der Waals surface area contributed by atoms with Crippen LogP contribution in [0.25, 0.3) is 0 Å². The van der Waals surface area contributed by atoms with Crippen molar-refractivity contribution < 1.29 is 19.1 Å². The van der Waals surface area contributed by atoms with E-state index in [1.807, 2.05) is 6.07 Å². The molecule has 3 aromatic rings. The highest BCUT2D eigenvalue weighted by Gasteiger charge is 2.12. The lowest BCUT2D eigenvalue weighted by Crippen LogP contribution is -2.34. The molecule has 7 heteroatoms. The van der Waals surface area contributed by atoms with Crippen LogP contribution < -0.4 is 20.7 Å². The highest BCUT2D eigenvalue weighted by molar-refractivity contribution is 6.06. The van der Waals surface area contributed by atoms with Gasteiger partial charge in [0.05, 0.1) is 12.7 Å². The zero-order valence-corrected chi connectivity index (χ0v) is 17.1. The molecular weight excluding hydrogens is 394 g/mol. The fraction of sp³-hybridized carbons (Fsp3) is 0.125. The van der Waals surface area contributed by atoms with Crippen LogP contribution in [0.15, 0.2) is 78.9 Å². The first-order valence-electron chi connectivity index (χ1n) is 9.74. The number of nitrogens with one attached hydrogen (secondary N) is 3. The second-order valence-corrected chi connectivity index (χ2v) is 6.61. The lowest BCUT2D eigenvalue weighted by molar-refractivity contribution is 0.0927. The average molecular weight is 417 g/mol. The third-order valence-corrected chi connectivity index (χ3v) is 4.49. The van der Waals surface area contributed by atoms with Crippen LogP contribution in [0.4, 0.5) is 5.69 Å². The van der Waals surface area contributed by atoms with Crippen molar-refractivity contribution in [2.24, 2.45) is 0 Å². The molecule has 0 bridgehead atoms. The van der Waals surface area contributed by atoms with E-state index in [1.54, 1.807) is 72.8 Å². The fourth-order valence-electron chi connectivity index (χ4n) is 2.88. The highest BCUT2D eigenvalue weighted by Crippen LogP contribution is 2.19. The average Bonchev–Trinajstić information content (AvgIpc) is 2.82. The monoisotopic (exact) mass is 417 g/mol. The van der Waals surface area contributed by atoms with E-state index in [4.69, 9.17) is 4.74 Å². The quantitative estimate of drug-likeness (QED) is 0.491. The van der Waals surface area contributed by atoms with Crippen molar-refractivity contribution in [3.05, 3.63) is 95.6 Å². The van der Waals surface area contributed by atoms with Crippen LogP contribution >= 0.6 is 0 Å². The second-order valence-electron chi connectivity index (χ2n) is 6.61. The Hall–Kier alpha value is -4.13. The van der Waals surface area contributed by atoms with Crippen molar-refractivity contribution in [2.75, 3.05) is 25.5 Å². The maximum absolute atomic E-state index is 12.4. The molecular formula is C24H23N3O4. The highest BCUT2D eigenvalue weighted by atomic mass is 16.5. The first kappa shape index (κ1) is 21.6. The lowest BCUT2D eigenvalue weighted by Gasteiger charge is -2.10. The van der Waals surface area contributed by atoms with Crippen LogP contribution in [0.1, 0.15) is 31.1 Å². The molecule has 0 saturated carbocycles. The van der Waals surface area contributed by atoms with Crippen LogP contribution in [0.3, 0.4) is 0 Å². The number of hydrogen-bond donors (Lipinski definition) is 3. The predicted molar refractivity (Wildman–Crippen MR) is 118 cm³/mol. The standard InChI is InChI=1S/C24H23N3O4/c1-31-21-10-6-5-9-20(21)24(30)27-19-13-11-18(12-14-19)23(29)26-16-15-25-22(28)17-7-3-2-4-8-17/h2-14H,15-16H2,1H3,(H,25,28)(H,26,29)(H,27,30). The van der Waals surface area contributed by atoms with Gasteiger partial charge in [0.1, 0.15) is 5.75 Å². The van der Waals surface area contributed by atoms with Crippen LogP contribution in [0.2, 0.25) is 0 Å². The number of hydrogen-bond acceptors (Lipinski definition) is 4. The Kier molecular flexibility index (Phi) is 7.37. The molecule has 3 rings (SSSR count). The van der Waals surface area contributed by atoms with E-state index >= 15 is 0 Å². The summed E-state index contributed by atoms with van der Waals surface area (Å²) >= 11 is 0. The second kappa shape index (κ2) is 10.6. The summed E-state index contributed by atoms with van der Waals surface area (Å²) in [4.78, 5) is 36.7. The lowest BCUT2D eigenvalue weighted by atomic mass is 10.1. The molecule has 0 radical (unpaired) electrons. The molecule has 0 aliphatic rings. The van der Waals surface area contributed by atoms with Crippen LogP contribution in [-0.4, -0.2) is 37.9 Å². The van der Waals surface area contributed by atoms with E-state index < -0.39 is 0 Å². The van der Waals surface area contributed by atoms with Crippen LogP contribution in [-0.2, 0) is 0 Å². The number of rotatable bonds is 8. The van der Waals surface area contributed by atoms with Gasteiger partial charge in [-0.25, -0.2) is 0 Å². The Labute approximate surface area is 180 Å². The van der Waals surface area contributed by atoms with Gasteiger partial charge in [-0.3, -0.25) is 14.4 Å².